The second-order valence-electron chi connectivity index (χ2n) is 7.93. The van der Waals surface area contributed by atoms with Gasteiger partial charge in [0.1, 0.15) is 0 Å². The highest BCUT2D eigenvalue weighted by Gasteiger charge is 2.28. The molecule has 4 nitrogen and oxygen atoms in total. The van der Waals surface area contributed by atoms with Crippen molar-refractivity contribution in [1.82, 2.24) is 10.2 Å². The molecule has 1 aliphatic heterocycles. The van der Waals surface area contributed by atoms with Crippen molar-refractivity contribution in [3.63, 3.8) is 0 Å². The van der Waals surface area contributed by atoms with Gasteiger partial charge in [0.25, 0.3) is 0 Å². The predicted molar refractivity (Wildman–Crippen MR) is 119 cm³/mol. The Morgan fingerprint density at radius 3 is 1.83 bits per heavy atom. The zero-order valence-corrected chi connectivity index (χ0v) is 17.0. The number of likely N-dealkylation sites (tertiary alicyclic amines) is 1. The summed E-state index contributed by atoms with van der Waals surface area (Å²) in [6.45, 7) is 2.18. The van der Waals surface area contributed by atoms with Crippen molar-refractivity contribution in [2.75, 3.05) is 19.6 Å². The van der Waals surface area contributed by atoms with Gasteiger partial charge < -0.3 is 10.4 Å². The Hall–Kier alpha value is -2.95. The minimum absolute atomic E-state index is 0.0130. The van der Waals surface area contributed by atoms with E-state index in [9.17, 15) is 9.90 Å². The average molecular weight is 401 g/mol. The van der Waals surface area contributed by atoms with E-state index in [1.165, 1.54) is 0 Å². The van der Waals surface area contributed by atoms with Crippen molar-refractivity contribution in [2.45, 2.75) is 24.5 Å². The lowest BCUT2D eigenvalue weighted by Crippen LogP contribution is -2.39. The van der Waals surface area contributed by atoms with Crippen LogP contribution in [0, 0.1) is 0 Å². The first-order chi connectivity index (χ1) is 14.7. The molecule has 0 aromatic heterocycles. The number of aliphatic hydroxyl groups excluding tert-OH is 1. The number of hydrogen-bond acceptors (Lipinski definition) is 3. The van der Waals surface area contributed by atoms with Crippen molar-refractivity contribution in [1.29, 1.82) is 0 Å². The third-order valence-corrected chi connectivity index (χ3v) is 5.73. The standard InChI is InChI=1S/C26H28N2O2/c29-23-16-17-28(18-23)19-24(20-10-4-1-5-11-20)27-26(30)25(21-12-6-2-7-13-21)22-14-8-3-9-15-22/h1-15,23-25,29H,16-19H2,(H,27,30)/t23?,24-/m1/s1. The first-order valence-electron chi connectivity index (χ1n) is 10.6. The fourth-order valence-corrected chi connectivity index (χ4v) is 4.20. The number of carbonyl (C=O) groups is 1. The summed E-state index contributed by atoms with van der Waals surface area (Å²) in [4.78, 5) is 15.8. The van der Waals surface area contributed by atoms with Crippen LogP contribution in [0.1, 0.15) is 35.1 Å². The van der Waals surface area contributed by atoms with Gasteiger partial charge in [-0.2, -0.15) is 0 Å². The lowest BCUT2D eigenvalue weighted by molar-refractivity contribution is -0.122. The number of nitrogens with zero attached hydrogens (tertiary/aromatic N) is 1. The summed E-state index contributed by atoms with van der Waals surface area (Å²) in [5.74, 6) is -0.385. The smallest absolute Gasteiger partial charge is 0.232 e. The highest BCUT2D eigenvalue weighted by molar-refractivity contribution is 5.87. The molecule has 4 rings (SSSR count). The van der Waals surface area contributed by atoms with E-state index in [1.807, 2.05) is 78.9 Å². The van der Waals surface area contributed by atoms with Gasteiger partial charge >= 0.3 is 0 Å². The SMILES string of the molecule is O=C(N[C@H](CN1CCC(O)C1)c1ccccc1)C(c1ccccc1)c1ccccc1. The van der Waals surface area contributed by atoms with E-state index in [-0.39, 0.29) is 24.0 Å². The third-order valence-electron chi connectivity index (χ3n) is 5.73. The number of nitrogens with one attached hydrogen (secondary N) is 1. The largest absolute Gasteiger partial charge is 0.392 e. The Morgan fingerprint density at radius 2 is 1.37 bits per heavy atom. The van der Waals surface area contributed by atoms with E-state index in [2.05, 4.69) is 22.3 Å². The quantitative estimate of drug-likeness (QED) is 0.635. The molecule has 0 bridgehead atoms. The van der Waals surface area contributed by atoms with Gasteiger partial charge in [-0.05, 0) is 23.1 Å². The Kier molecular flexibility index (Phi) is 6.57. The lowest BCUT2D eigenvalue weighted by Gasteiger charge is -2.27. The summed E-state index contributed by atoms with van der Waals surface area (Å²) in [7, 11) is 0. The van der Waals surface area contributed by atoms with Crippen molar-refractivity contribution >= 4 is 5.91 Å². The van der Waals surface area contributed by atoms with Crippen LogP contribution in [0.25, 0.3) is 0 Å². The maximum atomic E-state index is 13.6. The van der Waals surface area contributed by atoms with Crippen LogP contribution in [-0.2, 0) is 4.79 Å². The van der Waals surface area contributed by atoms with Gasteiger partial charge in [-0.3, -0.25) is 9.69 Å². The fourth-order valence-electron chi connectivity index (χ4n) is 4.20. The predicted octanol–water partition coefficient (Wildman–Crippen LogP) is 3.74. The van der Waals surface area contributed by atoms with E-state index < -0.39 is 0 Å². The molecule has 1 aliphatic rings. The molecule has 1 saturated heterocycles. The van der Waals surface area contributed by atoms with Crippen LogP contribution < -0.4 is 5.32 Å². The van der Waals surface area contributed by atoms with Crippen molar-refractivity contribution in [3.8, 4) is 0 Å². The lowest BCUT2D eigenvalue weighted by atomic mass is 9.90. The molecule has 30 heavy (non-hydrogen) atoms. The Labute approximate surface area is 178 Å². The molecule has 3 aromatic carbocycles. The van der Waals surface area contributed by atoms with Gasteiger partial charge in [0.2, 0.25) is 5.91 Å². The van der Waals surface area contributed by atoms with Gasteiger partial charge in [0, 0.05) is 19.6 Å². The number of rotatable bonds is 7. The van der Waals surface area contributed by atoms with Crippen molar-refractivity contribution in [2.24, 2.45) is 0 Å². The molecule has 1 unspecified atom stereocenters. The molecule has 0 spiro atoms. The maximum absolute atomic E-state index is 13.6. The molecular formula is C26H28N2O2. The first-order valence-corrected chi connectivity index (χ1v) is 10.6. The molecule has 154 valence electrons. The van der Waals surface area contributed by atoms with Crippen LogP contribution in [0.3, 0.4) is 0 Å². The summed E-state index contributed by atoms with van der Waals surface area (Å²) in [6, 6.07) is 29.8. The first kappa shape index (κ1) is 20.3. The number of β-amino-alcohol motifs (C(OH)–C–C–N with tert-alkyl or cyclic N) is 1. The van der Waals surface area contributed by atoms with Gasteiger partial charge in [0.05, 0.1) is 18.1 Å². The summed E-state index contributed by atoms with van der Waals surface area (Å²) in [6.07, 6.45) is 0.505. The van der Waals surface area contributed by atoms with E-state index in [0.29, 0.717) is 13.1 Å². The van der Waals surface area contributed by atoms with E-state index in [1.54, 1.807) is 0 Å². The van der Waals surface area contributed by atoms with Gasteiger partial charge in [0.15, 0.2) is 0 Å². The van der Waals surface area contributed by atoms with Gasteiger partial charge in [-0.1, -0.05) is 91.0 Å². The normalized spacial score (nSPS) is 17.7. The Bertz CT molecular complexity index is 892. The van der Waals surface area contributed by atoms with Crippen LogP contribution >= 0.6 is 0 Å². The summed E-state index contributed by atoms with van der Waals surface area (Å²) in [5.41, 5.74) is 3.03. The van der Waals surface area contributed by atoms with Crippen LogP contribution in [0.15, 0.2) is 91.0 Å². The number of benzene rings is 3. The molecule has 1 amide bonds. The van der Waals surface area contributed by atoms with Gasteiger partial charge in [-0.25, -0.2) is 0 Å². The molecule has 1 heterocycles. The molecular weight excluding hydrogens is 372 g/mol. The van der Waals surface area contributed by atoms with Crippen LogP contribution in [0.2, 0.25) is 0 Å². The second kappa shape index (κ2) is 9.70. The Balaban J connectivity index is 1.60. The minimum Gasteiger partial charge on any atom is -0.392 e. The van der Waals surface area contributed by atoms with Crippen LogP contribution in [0.5, 0.6) is 0 Å². The Morgan fingerprint density at radius 1 is 0.867 bits per heavy atom. The van der Waals surface area contributed by atoms with Crippen molar-refractivity contribution < 1.29 is 9.90 Å². The summed E-state index contributed by atoms with van der Waals surface area (Å²) in [5, 5.41) is 13.2. The fraction of sp³-hybridized carbons (Fsp3) is 0.269. The topological polar surface area (TPSA) is 52.6 Å². The number of amides is 1. The average Bonchev–Trinajstić information content (AvgIpc) is 3.20. The summed E-state index contributed by atoms with van der Waals surface area (Å²) < 4.78 is 0. The molecule has 0 radical (unpaired) electrons. The van der Waals surface area contributed by atoms with E-state index >= 15 is 0 Å². The molecule has 2 N–H and O–H groups in total. The highest BCUT2D eigenvalue weighted by atomic mass is 16.3. The molecule has 1 fully saturated rings. The summed E-state index contributed by atoms with van der Waals surface area (Å²) >= 11 is 0. The molecule has 0 saturated carbocycles. The number of carbonyl (C=O) groups excluding carboxylic acids is 1. The zero-order chi connectivity index (χ0) is 20.8. The molecule has 3 aromatic rings. The van der Waals surface area contributed by atoms with Gasteiger partial charge in [-0.15, -0.1) is 0 Å². The monoisotopic (exact) mass is 400 g/mol. The number of hydrogen-bond donors (Lipinski definition) is 2. The zero-order valence-electron chi connectivity index (χ0n) is 17.0. The molecule has 4 heteroatoms. The number of aliphatic hydroxyl groups is 1. The van der Waals surface area contributed by atoms with E-state index in [4.69, 9.17) is 0 Å². The second-order valence-corrected chi connectivity index (χ2v) is 7.93. The van der Waals surface area contributed by atoms with Crippen molar-refractivity contribution in [3.05, 3.63) is 108 Å². The highest BCUT2D eigenvalue weighted by Crippen LogP contribution is 2.27. The molecule has 2 atom stereocenters. The maximum Gasteiger partial charge on any atom is 0.232 e. The minimum atomic E-state index is -0.372. The van der Waals surface area contributed by atoms with Crippen LogP contribution in [-0.4, -0.2) is 41.7 Å². The van der Waals surface area contributed by atoms with Crippen LogP contribution in [0.4, 0.5) is 0 Å². The van der Waals surface area contributed by atoms with E-state index in [0.717, 1.165) is 29.7 Å². The third kappa shape index (κ3) is 4.96. The molecule has 0 aliphatic carbocycles.